The number of nitrogens with two attached hydrogens (primary N) is 1. The summed E-state index contributed by atoms with van der Waals surface area (Å²) in [5.74, 6) is 0.384. The van der Waals surface area contributed by atoms with Crippen LogP contribution in [0.3, 0.4) is 0 Å². The molecule has 3 rings (SSSR count). The third kappa shape index (κ3) is 1.80. The second-order valence-corrected chi connectivity index (χ2v) is 4.25. The zero-order chi connectivity index (χ0) is 11.8. The van der Waals surface area contributed by atoms with Crippen molar-refractivity contribution in [3.63, 3.8) is 0 Å². The third-order valence-corrected chi connectivity index (χ3v) is 3.09. The molecule has 86 valence electrons. The fraction of sp³-hybridized carbons (Fsp3) is 0.231. The molecule has 0 saturated heterocycles. The van der Waals surface area contributed by atoms with Gasteiger partial charge in [0.25, 0.3) is 0 Å². The Balaban J connectivity index is 2.02. The number of fused-ring (bicyclic) bond motifs is 1. The molecule has 3 nitrogen and oxygen atoms in total. The number of rotatable bonds is 1. The van der Waals surface area contributed by atoms with Crippen LogP contribution in [0.1, 0.15) is 23.7 Å². The van der Waals surface area contributed by atoms with E-state index < -0.39 is 0 Å². The maximum absolute atomic E-state index is 12.8. The number of halogens is 1. The molecule has 2 N–H and O–H groups in total. The lowest BCUT2D eigenvalue weighted by molar-refractivity contribution is 0.628. The fourth-order valence-corrected chi connectivity index (χ4v) is 2.12. The second kappa shape index (κ2) is 3.89. The largest absolute Gasteiger partial charge is 0.324 e. The highest BCUT2D eigenvalue weighted by Gasteiger charge is 2.21. The summed E-state index contributed by atoms with van der Waals surface area (Å²) in [6.07, 6.45) is 3.61. The van der Waals surface area contributed by atoms with Gasteiger partial charge in [-0.25, -0.2) is 14.4 Å². The highest BCUT2D eigenvalue weighted by Crippen LogP contribution is 2.28. The third-order valence-electron chi connectivity index (χ3n) is 3.09. The molecule has 1 unspecified atom stereocenters. The van der Waals surface area contributed by atoms with Gasteiger partial charge in [-0.3, -0.25) is 0 Å². The summed E-state index contributed by atoms with van der Waals surface area (Å²) in [5, 5.41) is 0. The van der Waals surface area contributed by atoms with Gasteiger partial charge in [0.15, 0.2) is 5.82 Å². The molecule has 1 aromatic carbocycles. The van der Waals surface area contributed by atoms with E-state index >= 15 is 0 Å². The normalized spacial score (nSPS) is 18.1. The number of hydrogen-bond donors (Lipinski definition) is 1. The number of aryl methyl sites for hydroxylation is 1. The minimum absolute atomic E-state index is 0.0623. The first-order valence-electron chi connectivity index (χ1n) is 5.61. The molecule has 0 spiro atoms. The van der Waals surface area contributed by atoms with Crippen molar-refractivity contribution in [3.8, 4) is 11.4 Å². The Morgan fingerprint density at radius 2 is 2.00 bits per heavy atom. The first kappa shape index (κ1) is 10.4. The first-order chi connectivity index (χ1) is 8.24. The molecule has 1 aliphatic rings. The lowest BCUT2D eigenvalue weighted by atomic mass is 10.2. The lowest BCUT2D eigenvalue weighted by Crippen LogP contribution is -2.06. The van der Waals surface area contributed by atoms with Gasteiger partial charge in [0.2, 0.25) is 0 Å². The minimum Gasteiger partial charge on any atom is -0.324 e. The van der Waals surface area contributed by atoms with Crippen LogP contribution in [0.4, 0.5) is 4.39 Å². The predicted octanol–water partition coefficient (Wildman–Crippen LogP) is 2.23. The van der Waals surface area contributed by atoms with E-state index in [1.54, 1.807) is 18.3 Å². The van der Waals surface area contributed by atoms with Gasteiger partial charge in [-0.1, -0.05) is 0 Å². The monoisotopic (exact) mass is 229 g/mol. The lowest BCUT2D eigenvalue weighted by Gasteiger charge is -2.05. The van der Waals surface area contributed by atoms with Crippen LogP contribution in [0, 0.1) is 5.82 Å². The van der Waals surface area contributed by atoms with Crippen molar-refractivity contribution in [2.75, 3.05) is 0 Å². The van der Waals surface area contributed by atoms with Crippen LogP contribution >= 0.6 is 0 Å². The Morgan fingerprint density at radius 1 is 1.24 bits per heavy atom. The van der Waals surface area contributed by atoms with Gasteiger partial charge in [0.1, 0.15) is 5.82 Å². The Morgan fingerprint density at radius 3 is 2.76 bits per heavy atom. The van der Waals surface area contributed by atoms with Crippen LogP contribution in [-0.4, -0.2) is 9.97 Å². The van der Waals surface area contributed by atoms with Gasteiger partial charge in [-0.2, -0.15) is 0 Å². The van der Waals surface area contributed by atoms with Gasteiger partial charge in [0.05, 0.1) is 0 Å². The van der Waals surface area contributed by atoms with E-state index in [0.29, 0.717) is 5.82 Å². The summed E-state index contributed by atoms with van der Waals surface area (Å²) in [7, 11) is 0. The molecule has 0 bridgehead atoms. The zero-order valence-corrected chi connectivity index (χ0v) is 9.23. The molecular weight excluding hydrogens is 217 g/mol. The van der Waals surface area contributed by atoms with Crippen molar-refractivity contribution in [2.45, 2.75) is 18.9 Å². The Hall–Kier alpha value is -1.81. The molecule has 2 aromatic rings. The standard InChI is InChI=1S/C13H12FN3/c14-9-3-1-8(2-4-9)13-16-7-10-11(15)5-6-12(10)17-13/h1-4,7,11H,5-6,15H2. The van der Waals surface area contributed by atoms with Crippen LogP contribution in [0.15, 0.2) is 30.5 Å². The van der Waals surface area contributed by atoms with Gasteiger partial charge < -0.3 is 5.73 Å². The van der Waals surface area contributed by atoms with Crippen molar-refractivity contribution in [3.05, 3.63) is 47.5 Å². The second-order valence-electron chi connectivity index (χ2n) is 4.25. The van der Waals surface area contributed by atoms with Gasteiger partial charge >= 0.3 is 0 Å². The van der Waals surface area contributed by atoms with E-state index in [0.717, 1.165) is 29.7 Å². The predicted molar refractivity (Wildman–Crippen MR) is 62.7 cm³/mol. The topological polar surface area (TPSA) is 51.8 Å². The molecule has 0 amide bonds. The van der Waals surface area contributed by atoms with Crippen molar-refractivity contribution >= 4 is 0 Å². The van der Waals surface area contributed by atoms with E-state index in [1.165, 1.54) is 12.1 Å². The average Bonchev–Trinajstić information content (AvgIpc) is 2.72. The van der Waals surface area contributed by atoms with Crippen LogP contribution in [0.25, 0.3) is 11.4 Å². The Bertz CT molecular complexity index is 551. The highest BCUT2D eigenvalue weighted by atomic mass is 19.1. The molecule has 4 heteroatoms. The summed E-state index contributed by atoms with van der Waals surface area (Å²) < 4.78 is 12.8. The summed E-state index contributed by atoms with van der Waals surface area (Å²) in [6, 6.07) is 6.26. The van der Waals surface area contributed by atoms with E-state index in [-0.39, 0.29) is 11.9 Å². The summed E-state index contributed by atoms with van der Waals surface area (Å²) >= 11 is 0. The maximum atomic E-state index is 12.8. The van der Waals surface area contributed by atoms with E-state index in [4.69, 9.17) is 5.73 Å². The van der Waals surface area contributed by atoms with Gasteiger partial charge in [0, 0.05) is 29.1 Å². The highest BCUT2D eigenvalue weighted by molar-refractivity contribution is 5.55. The molecule has 1 heterocycles. The van der Waals surface area contributed by atoms with Gasteiger partial charge in [-0.05, 0) is 37.1 Å². The smallest absolute Gasteiger partial charge is 0.159 e. The quantitative estimate of drug-likeness (QED) is 0.815. The van der Waals surface area contributed by atoms with Gasteiger partial charge in [-0.15, -0.1) is 0 Å². The van der Waals surface area contributed by atoms with Crippen LogP contribution < -0.4 is 5.73 Å². The summed E-state index contributed by atoms with van der Waals surface area (Å²) in [4.78, 5) is 8.78. The number of nitrogens with zero attached hydrogens (tertiary/aromatic N) is 2. The van der Waals surface area contributed by atoms with Crippen molar-refractivity contribution < 1.29 is 4.39 Å². The molecule has 1 atom stereocenters. The van der Waals surface area contributed by atoms with Crippen LogP contribution in [0.2, 0.25) is 0 Å². The molecule has 1 aromatic heterocycles. The molecular formula is C13H12FN3. The van der Waals surface area contributed by atoms with Crippen LogP contribution in [0.5, 0.6) is 0 Å². The van der Waals surface area contributed by atoms with Crippen molar-refractivity contribution in [1.82, 2.24) is 9.97 Å². The zero-order valence-electron chi connectivity index (χ0n) is 9.23. The Labute approximate surface area is 98.5 Å². The molecule has 0 fully saturated rings. The summed E-state index contributed by atoms with van der Waals surface area (Å²) in [6.45, 7) is 0. The van der Waals surface area contributed by atoms with E-state index in [2.05, 4.69) is 9.97 Å². The number of hydrogen-bond acceptors (Lipinski definition) is 3. The molecule has 0 saturated carbocycles. The minimum atomic E-state index is -0.253. The number of benzene rings is 1. The van der Waals surface area contributed by atoms with Crippen molar-refractivity contribution in [1.29, 1.82) is 0 Å². The molecule has 0 radical (unpaired) electrons. The van der Waals surface area contributed by atoms with Crippen LogP contribution in [-0.2, 0) is 6.42 Å². The average molecular weight is 229 g/mol. The summed E-state index contributed by atoms with van der Waals surface area (Å²) in [5.41, 5.74) is 8.81. The fourth-order valence-electron chi connectivity index (χ4n) is 2.12. The van der Waals surface area contributed by atoms with Crippen molar-refractivity contribution in [2.24, 2.45) is 5.73 Å². The van der Waals surface area contributed by atoms with E-state index in [9.17, 15) is 4.39 Å². The molecule has 0 aliphatic heterocycles. The Kier molecular flexibility index (Phi) is 2.37. The molecule has 1 aliphatic carbocycles. The number of aromatic nitrogens is 2. The molecule has 17 heavy (non-hydrogen) atoms. The maximum Gasteiger partial charge on any atom is 0.159 e. The SMILES string of the molecule is NC1CCc2nc(-c3ccc(F)cc3)ncc21. The first-order valence-corrected chi connectivity index (χ1v) is 5.61. The van der Waals surface area contributed by atoms with E-state index in [1.807, 2.05) is 0 Å².